The summed E-state index contributed by atoms with van der Waals surface area (Å²) in [7, 11) is 0. The molecule has 0 saturated heterocycles. The van der Waals surface area contributed by atoms with Crippen molar-refractivity contribution >= 4 is 11.3 Å². The molecule has 2 aromatic heterocycles. The zero-order chi connectivity index (χ0) is 12.4. The summed E-state index contributed by atoms with van der Waals surface area (Å²) in [5.74, 6) is 1.26. The van der Waals surface area contributed by atoms with Gasteiger partial charge in [-0.25, -0.2) is 4.98 Å². The molecule has 1 aliphatic rings. The molecule has 96 valence electrons. The second-order valence-corrected chi connectivity index (χ2v) is 5.56. The molecular weight excluding hydrogens is 248 g/mol. The van der Waals surface area contributed by atoms with E-state index in [9.17, 15) is 0 Å². The molecule has 18 heavy (non-hydrogen) atoms. The van der Waals surface area contributed by atoms with Crippen LogP contribution >= 0.6 is 11.3 Å². The van der Waals surface area contributed by atoms with Gasteiger partial charge in [0.2, 0.25) is 11.7 Å². The van der Waals surface area contributed by atoms with Gasteiger partial charge in [0.1, 0.15) is 5.69 Å². The summed E-state index contributed by atoms with van der Waals surface area (Å²) in [5.41, 5.74) is 8.39. The number of nitrogens with two attached hydrogens (primary N) is 1. The van der Waals surface area contributed by atoms with Crippen LogP contribution in [-0.2, 0) is 5.41 Å². The Morgan fingerprint density at radius 3 is 2.83 bits per heavy atom. The Hall–Kier alpha value is -1.27. The zero-order valence-corrected chi connectivity index (χ0v) is 10.9. The van der Waals surface area contributed by atoms with E-state index in [1.165, 1.54) is 30.6 Å². The largest absolute Gasteiger partial charge is 0.338 e. The minimum absolute atomic E-state index is 0.112. The maximum Gasteiger partial charge on any atom is 0.234 e. The number of thiazole rings is 1. The number of aromatic nitrogens is 3. The quantitative estimate of drug-likeness (QED) is 0.920. The van der Waals surface area contributed by atoms with E-state index in [1.807, 2.05) is 5.38 Å². The van der Waals surface area contributed by atoms with Gasteiger partial charge in [-0.05, 0) is 12.8 Å². The van der Waals surface area contributed by atoms with Crippen LogP contribution in [-0.4, -0.2) is 21.7 Å². The summed E-state index contributed by atoms with van der Waals surface area (Å²) in [6.07, 6.45) is 5.73. The highest BCUT2D eigenvalue weighted by atomic mass is 32.1. The van der Waals surface area contributed by atoms with Gasteiger partial charge < -0.3 is 10.3 Å². The Morgan fingerprint density at radius 2 is 2.17 bits per heavy atom. The third-order valence-electron chi connectivity index (χ3n) is 3.74. The van der Waals surface area contributed by atoms with Crippen molar-refractivity contribution in [3.8, 4) is 11.5 Å². The van der Waals surface area contributed by atoms with Crippen molar-refractivity contribution in [1.82, 2.24) is 15.1 Å². The van der Waals surface area contributed by atoms with Crippen molar-refractivity contribution in [1.29, 1.82) is 0 Å². The third kappa shape index (κ3) is 1.95. The molecular formula is C12H16N4OS. The van der Waals surface area contributed by atoms with Gasteiger partial charge >= 0.3 is 0 Å². The summed E-state index contributed by atoms with van der Waals surface area (Å²) in [6, 6.07) is 0. The SMILES string of the molecule is NCC1(c2nc(-c3cscn3)no2)CCCCC1. The molecule has 0 unspecified atom stereocenters. The van der Waals surface area contributed by atoms with Crippen molar-refractivity contribution in [3.63, 3.8) is 0 Å². The lowest BCUT2D eigenvalue weighted by molar-refractivity contribution is 0.220. The molecule has 3 rings (SSSR count). The number of hydrogen-bond donors (Lipinski definition) is 1. The van der Waals surface area contributed by atoms with Crippen LogP contribution < -0.4 is 5.73 Å². The molecule has 0 aromatic carbocycles. The second kappa shape index (κ2) is 4.78. The Labute approximate surface area is 109 Å². The van der Waals surface area contributed by atoms with E-state index in [0.717, 1.165) is 18.5 Å². The average Bonchev–Trinajstić information content (AvgIpc) is 3.10. The normalized spacial score (nSPS) is 18.9. The van der Waals surface area contributed by atoms with Gasteiger partial charge in [0.25, 0.3) is 0 Å². The van der Waals surface area contributed by atoms with Gasteiger partial charge in [-0.1, -0.05) is 24.4 Å². The first-order valence-electron chi connectivity index (χ1n) is 6.27. The molecule has 6 heteroatoms. The monoisotopic (exact) mass is 264 g/mol. The molecule has 5 nitrogen and oxygen atoms in total. The number of rotatable bonds is 3. The molecule has 1 fully saturated rings. The predicted octanol–water partition coefficient (Wildman–Crippen LogP) is 2.35. The minimum atomic E-state index is -0.112. The van der Waals surface area contributed by atoms with Crippen LogP contribution in [0.5, 0.6) is 0 Å². The summed E-state index contributed by atoms with van der Waals surface area (Å²) >= 11 is 1.53. The topological polar surface area (TPSA) is 77.8 Å². The molecule has 0 spiro atoms. The van der Waals surface area contributed by atoms with Gasteiger partial charge in [-0.3, -0.25) is 0 Å². The van der Waals surface area contributed by atoms with Crippen LogP contribution in [0.4, 0.5) is 0 Å². The van der Waals surface area contributed by atoms with E-state index in [-0.39, 0.29) is 5.41 Å². The fraction of sp³-hybridized carbons (Fsp3) is 0.583. The van der Waals surface area contributed by atoms with E-state index in [2.05, 4.69) is 15.1 Å². The van der Waals surface area contributed by atoms with Gasteiger partial charge in [0.05, 0.1) is 10.9 Å². The van der Waals surface area contributed by atoms with Crippen molar-refractivity contribution in [2.45, 2.75) is 37.5 Å². The first kappa shape index (κ1) is 11.8. The highest BCUT2D eigenvalue weighted by molar-refractivity contribution is 7.07. The summed E-state index contributed by atoms with van der Waals surface area (Å²) in [5, 5.41) is 5.95. The van der Waals surface area contributed by atoms with E-state index >= 15 is 0 Å². The molecule has 0 amide bonds. The summed E-state index contributed by atoms with van der Waals surface area (Å²) in [4.78, 5) is 8.70. The van der Waals surface area contributed by atoms with E-state index in [1.54, 1.807) is 5.51 Å². The van der Waals surface area contributed by atoms with Crippen LogP contribution in [0.3, 0.4) is 0 Å². The average molecular weight is 264 g/mol. The first-order chi connectivity index (χ1) is 8.84. The van der Waals surface area contributed by atoms with Gasteiger partial charge in [-0.15, -0.1) is 11.3 Å². The maximum absolute atomic E-state index is 5.96. The number of hydrogen-bond acceptors (Lipinski definition) is 6. The molecule has 0 bridgehead atoms. The standard InChI is InChI=1S/C12H16N4OS/c13-7-12(4-2-1-3-5-12)11-15-10(16-17-11)9-6-18-8-14-9/h6,8H,1-5,7,13H2. The van der Waals surface area contributed by atoms with Crippen molar-refractivity contribution in [3.05, 3.63) is 16.8 Å². The van der Waals surface area contributed by atoms with E-state index in [0.29, 0.717) is 18.3 Å². The Morgan fingerprint density at radius 1 is 1.33 bits per heavy atom. The van der Waals surface area contributed by atoms with Crippen LogP contribution in [0.1, 0.15) is 38.0 Å². The lowest BCUT2D eigenvalue weighted by Crippen LogP contribution is -2.37. The maximum atomic E-state index is 5.96. The van der Waals surface area contributed by atoms with Crippen molar-refractivity contribution in [2.24, 2.45) is 5.73 Å². The lowest BCUT2D eigenvalue weighted by atomic mass is 9.74. The minimum Gasteiger partial charge on any atom is -0.338 e. The molecule has 2 N–H and O–H groups in total. The zero-order valence-electron chi connectivity index (χ0n) is 10.1. The van der Waals surface area contributed by atoms with Crippen LogP contribution in [0.15, 0.2) is 15.4 Å². The molecule has 0 radical (unpaired) electrons. The van der Waals surface area contributed by atoms with Crippen LogP contribution in [0, 0.1) is 0 Å². The van der Waals surface area contributed by atoms with Crippen LogP contribution in [0.25, 0.3) is 11.5 Å². The van der Waals surface area contributed by atoms with Gasteiger partial charge in [0, 0.05) is 11.9 Å². The van der Waals surface area contributed by atoms with E-state index in [4.69, 9.17) is 10.3 Å². The Kier molecular flexibility index (Phi) is 3.13. The fourth-order valence-corrected chi connectivity index (χ4v) is 3.13. The van der Waals surface area contributed by atoms with E-state index < -0.39 is 0 Å². The van der Waals surface area contributed by atoms with Gasteiger partial charge in [-0.2, -0.15) is 4.98 Å². The Bertz CT molecular complexity index is 502. The second-order valence-electron chi connectivity index (χ2n) is 4.84. The number of nitrogens with zero attached hydrogens (tertiary/aromatic N) is 3. The predicted molar refractivity (Wildman–Crippen MR) is 69.2 cm³/mol. The Balaban J connectivity index is 1.92. The molecule has 0 atom stereocenters. The highest BCUT2D eigenvalue weighted by Gasteiger charge is 2.38. The summed E-state index contributed by atoms with van der Waals surface area (Å²) < 4.78 is 5.45. The smallest absolute Gasteiger partial charge is 0.234 e. The summed E-state index contributed by atoms with van der Waals surface area (Å²) in [6.45, 7) is 0.575. The van der Waals surface area contributed by atoms with Crippen molar-refractivity contribution < 1.29 is 4.52 Å². The fourth-order valence-electron chi connectivity index (χ4n) is 2.60. The molecule has 0 aliphatic heterocycles. The third-order valence-corrected chi connectivity index (χ3v) is 4.33. The molecule has 2 aromatic rings. The van der Waals surface area contributed by atoms with Gasteiger partial charge in [0.15, 0.2) is 0 Å². The molecule has 1 saturated carbocycles. The van der Waals surface area contributed by atoms with Crippen molar-refractivity contribution in [2.75, 3.05) is 6.54 Å². The lowest BCUT2D eigenvalue weighted by Gasteiger charge is -2.32. The first-order valence-corrected chi connectivity index (χ1v) is 7.21. The molecule has 2 heterocycles. The highest BCUT2D eigenvalue weighted by Crippen LogP contribution is 2.38. The molecule has 1 aliphatic carbocycles. The van der Waals surface area contributed by atoms with Crippen LogP contribution in [0.2, 0.25) is 0 Å².